The third-order valence-corrected chi connectivity index (χ3v) is 4.26. The van der Waals surface area contributed by atoms with Crippen LogP contribution in [0.3, 0.4) is 0 Å². The molecule has 0 spiro atoms. The van der Waals surface area contributed by atoms with E-state index in [0.29, 0.717) is 11.3 Å². The highest BCUT2D eigenvalue weighted by atomic mass is 16.5. The summed E-state index contributed by atoms with van der Waals surface area (Å²) in [6.07, 6.45) is 3.96. The molecule has 1 aromatic heterocycles. The summed E-state index contributed by atoms with van der Waals surface area (Å²) in [7, 11) is 2.00. The molecule has 3 rings (SSSR count). The Morgan fingerprint density at radius 2 is 2.17 bits per heavy atom. The number of likely N-dealkylation sites (tertiary alicyclic amines) is 1. The van der Waals surface area contributed by atoms with Gasteiger partial charge in [-0.1, -0.05) is 12.1 Å². The lowest BCUT2D eigenvalue weighted by Crippen LogP contribution is -2.35. The van der Waals surface area contributed by atoms with Crippen molar-refractivity contribution in [1.82, 2.24) is 9.47 Å². The van der Waals surface area contributed by atoms with Gasteiger partial charge in [-0.15, -0.1) is 0 Å². The molecular formula is C18H19N3O2. The Morgan fingerprint density at radius 3 is 2.91 bits per heavy atom. The van der Waals surface area contributed by atoms with Gasteiger partial charge in [0, 0.05) is 25.5 Å². The summed E-state index contributed by atoms with van der Waals surface area (Å²) in [5.41, 5.74) is 1.59. The molecule has 0 saturated carbocycles. The third-order valence-electron chi connectivity index (χ3n) is 4.26. The van der Waals surface area contributed by atoms with Crippen molar-refractivity contribution in [3.63, 3.8) is 0 Å². The molecule has 0 radical (unpaired) electrons. The van der Waals surface area contributed by atoms with Crippen molar-refractivity contribution in [2.75, 3.05) is 13.2 Å². The van der Waals surface area contributed by atoms with E-state index in [1.165, 1.54) is 0 Å². The van der Waals surface area contributed by atoms with Crippen LogP contribution in [0.4, 0.5) is 0 Å². The first-order chi connectivity index (χ1) is 11.2. The molecule has 1 aliphatic rings. The highest BCUT2D eigenvalue weighted by Crippen LogP contribution is 2.32. The summed E-state index contributed by atoms with van der Waals surface area (Å²) >= 11 is 0. The molecule has 0 N–H and O–H groups in total. The van der Waals surface area contributed by atoms with Gasteiger partial charge in [0.05, 0.1) is 11.6 Å². The van der Waals surface area contributed by atoms with Crippen LogP contribution in [-0.2, 0) is 11.8 Å². The first kappa shape index (κ1) is 15.2. The molecule has 1 atom stereocenters. The molecule has 2 heterocycles. The van der Waals surface area contributed by atoms with Crippen molar-refractivity contribution in [2.24, 2.45) is 7.05 Å². The second-order valence-electron chi connectivity index (χ2n) is 5.69. The zero-order chi connectivity index (χ0) is 16.2. The number of hydrogen-bond acceptors (Lipinski definition) is 3. The average Bonchev–Trinajstić information content (AvgIpc) is 3.21. The number of benzene rings is 1. The fraction of sp³-hybridized carbons (Fsp3) is 0.333. The fourth-order valence-electron chi connectivity index (χ4n) is 3.10. The molecule has 2 aromatic rings. The number of carbonyl (C=O) groups is 1. The Labute approximate surface area is 135 Å². The standard InChI is InChI=1S/C18H19N3O2/c1-20-10-4-7-15(20)16-8-5-11-21(16)18(22)13-23-17-9-3-2-6-14(17)12-19/h2-4,6-7,9-10,16H,5,8,11,13H2,1H3. The third kappa shape index (κ3) is 3.07. The first-order valence-corrected chi connectivity index (χ1v) is 7.73. The number of aryl methyl sites for hydroxylation is 1. The smallest absolute Gasteiger partial charge is 0.261 e. The van der Waals surface area contributed by atoms with Crippen LogP contribution in [0.5, 0.6) is 5.75 Å². The van der Waals surface area contributed by atoms with Crippen LogP contribution in [-0.4, -0.2) is 28.5 Å². The number of nitriles is 1. The molecule has 1 aliphatic heterocycles. The van der Waals surface area contributed by atoms with E-state index in [0.717, 1.165) is 25.1 Å². The molecule has 5 heteroatoms. The van der Waals surface area contributed by atoms with E-state index in [2.05, 4.69) is 16.7 Å². The Balaban J connectivity index is 1.68. The number of nitrogens with zero attached hydrogens (tertiary/aromatic N) is 3. The number of para-hydroxylation sites is 1. The molecule has 1 saturated heterocycles. The van der Waals surface area contributed by atoms with Crippen molar-refractivity contribution in [1.29, 1.82) is 5.26 Å². The molecule has 118 valence electrons. The summed E-state index contributed by atoms with van der Waals surface area (Å²) in [5, 5.41) is 9.06. The summed E-state index contributed by atoms with van der Waals surface area (Å²) in [6, 6.07) is 13.2. The van der Waals surface area contributed by atoms with E-state index >= 15 is 0 Å². The van der Waals surface area contributed by atoms with Crippen LogP contribution >= 0.6 is 0 Å². The van der Waals surface area contributed by atoms with Gasteiger partial charge < -0.3 is 14.2 Å². The number of carbonyl (C=O) groups excluding carboxylic acids is 1. The maximum atomic E-state index is 12.5. The largest absolute Gasteiger partial charge is 0.482 e. The van der Waals surface area contributed by atoms with Crippen LogP contribution in [0.2, 0.25) is 0 Å². The monoisotopic (exact) mass is 309 g/mol. The van der Waals surface area contributed by atoms with Crippen molar-refractivity contribution in [2.45, 2.75) is 18.9 Å². The molecule has 1 unspecified atom stereocenters. The maximum Gasteiger partial charge on any atom is 0.261 e. The number of rotatable bonds is 4. The van der Waals surface area contributed by atoms with Crippen LogP contribution < -0.4 is 4.74 Å². The molecule has 0 aliphatic carbocycles. The fourth-order valence-corrected chi connectivity index (χ4v) is 3.10. The Bertz CT molecular complexity index is 745. The van der Waals surface area contributed by atoms with Crippen molar-refractivity contribution >= 4 is 5.91 Å². The van der Waals surface area contributed by atoms with Gasteiger partial charge in [0.2, 0.25) is 0 Å². The van der Waals surface area contributed by atoms with Gasteiger partial charge in [-0.25, -0.2) is 0 Å². The van der Waals surface area contributed by atoms with Gasteiger partial charge >= 0.3 is 0 Å². The number of hydrogen-bond donors (Lipinski definition) is 0. The predicted octanol–water partition coefficient (Wildman–Crippen LogP) is 2.64. The maximum absolute atomic E-state index is 12.5. The normalized spacial score (nSPS) is 17.0. The van der Waals surface area contributed by atoms with Crippen LogP contribution in [0, 0.1) is 11.3 Å². The zero-order valence-electron chi connectivity index (χ0n) is 13.1. The number of amides is 1. The topological polar surface area (TPSA) is 58.3 Å². The summed E-state index contributed by atoms with van der Waals surface area (Å²) in [5.74, 6) is 0.416. The van der Waals surface area contributed by atoms with Crippen LogP contribution in [0.15, 0.2) is 42.6 Å². The summed E-state index contributed by atoms with van der Waals surface area (Å²) in [6.45, 7) is 0.706. The van der Waals surface area contributed by atoms with Gasteiger partial charge in [0.25, 0.3) is 5.91 Å². The molecule has 1 fully saturated rings. The van der Waals surface area contributed by atoms with Crippen molar-refractivity contribution < 1.29 is 9.53 Å². The molecule has 1 amide bonds. The van der Waals surface area contributed by atoms with E-state index in [1.54, 1.807) is 24.3 Å². The predicted molar refractivity (Wildman–Crippen MR) is 85.8 cm³/mol. The molecule has 23 heavy (non-hydrogen) atoms. The Kier molecular flexibility index (Phi) is 4.33. The SMILES string of the molecule is Cn1cccc1C1CCCN1C(=O)COc1ccccc1C#N. The Hall–Kier alpha value is -2.74. The second-order valence-corrected chi connectivity index (χ2v) is 5.69. The lowest BCUT2D eigenvalue weighted by molar-refractivity contribution is -0.134. The lowest BCUT2D eigenvalue weighted by Gasteiger charge is -2.25. The Morgan fingerprint density at radius 1 is 1.35 bits per heavy atom. The van der Waals surface area contributed by atoms with Gasteiger partial charge in [-0.05, 0) is 37.1 Å². The van der Waals surface area contributed by atoms with Gasteiger partial charge in [0.1, 0.15) is 11.8 Å². The first-order valence-electron chi connectivity index (χ1n) is 7.73. The lowest BCUT2D eigenvalue weighted by atomic mass is 10.1. The van der Waals surface area contributed by atoms with Crippen molar-refractivity contribution in [3.8, 4) is 11.8 Å². The molecule has 1 aromatic carbocycles. The summed E-state index contributed by atoms with van der Waals surface area (Å²) in [4.78, 5) is 14.4. The second kappa shape index (κ2) is 6.57. The van der Waals surface area contributed by atoms with E-state index < -0.39 is 0 Å². The van der Waals surface area contributed by atoms with Crippen molar-refractivity contribution in [3.05, 3.63) is 53.9 Å². The highest BCUT2D eigenvalue weighted by Gasteiger charge is 2.31. The van der Waals surface area contributed by atoms with Crippen LogP contribution in [0.25, 0.3) is 0 Å². The number of ether oxygens (including phenoxy) is 1. The van der Waals surface area contributed by atoms with E-state index in [4.69, 9.17) is 10.00 Å². The molecule has 0 bridgehead atoms. The zero-order valence-corrected chi connectivity index (χ0v) is 13.1. The van der Waals surface area contributed by atoms with Gasteiger partial charge in [-0.2, -0.15) is 5.26 Å². The van der Waals surface area contributed by atoms with Gasteiger partial charge in [0.15, 0.2) is 6.61 Å². The average molecular weight is 309 g/mol. The minimum atomic E-state index is -0.0420. The van der Waals surface area contributed by atoms with Crippen LogP contribution in [0.1, 0.15) is 30.1 Å². The van der Waals surface area contributed by atoms with E-state index in [1.807, 2.05) is 24.2 Å². The van der Waals surface area contributed by atoms with Gasteiger partial charge in [-0.3, -0.25) is 4.79 Å². The summed E-state index contributed by atoms with van der Waals surface area (Å²) < 4.78 is 7.64. The minimum Gasteiger partial charge on any atom is -0.482 e. The molecular weight excluding hydrogens is 290 g/mol. The molecule has 5 nitrogen and oxygen atoms in total. The number of aromatic nitrogens is 1. The highest BCUT2D eigenvalue weighted by molar-refractivity contribution is 5.78. The van der Waals surface area contributed by atoms with E-state index in [-0.39, 0.29) is 18.6 Å². The minimum absolute atomic E-state index is 0.0403. The van der Waals surface area contributed by atoms with E-state index in [9.17, 15) is 4.79 Å². The quantitative estimate of drug-likeness (QED) is 0.872.